The van der Waals surface area contributed by atoms with E-state index in [2.05, 4.69) is 14.9 Å². The van der Waals surface area contributed by atoms with Crippen LogP contribution in [0.25, 0.3) is 22.8 Å². The molecule has 0 aliphatic carbocycles. The summed E-state index contributed by atoms with van der Waals surface area (Å²) >= 11 is 0. The van der Waals surface area contributed by atoms with Crippen molar-refractivity contribution >= 4 is 5.82 Å². The van der Waals surface area contributed by atoms with Crippen molar-refractivity contribution in [3.8, 4) is 22.8 Å². The van der Waals surface area contributed by atoms with Crippen LogP contribution in [-0.2, 0) is 0 Å². The van der Waals surface area contributed by atoms with Gasteiger partial charge < -0.3 is 10.6 Å². The highest BCUT2D eigenvalue weighted by Crippen LogP contribution is 2.26. The van der Waals surface area contributed by atoms with Gasteiger partial charge in [-0.15, -0.1) is 0 Å². The zero-order valence-corrected chi connectivity index (χ0v) is 13.9. The largest absolute Gasteiger partial charge is 0.356 e. The molecule has 0 atom stereocenters. The molecule has 1 aliphatic rings. The van der Waals surface area contributed by atoms with Gasteiger partial charge in [-0.2, -0.15) is 0 Å². The fourth-order valence-corrected chi connectivity index (χ4v) is 2.99. The van der Waals surface area contributed by atoms with Gasteiger partial charge >= 0.3 is 0 Å². The molecule has 25 heavy (non-hydrogen) atoms. The molecule has 126 valence electrons. The quantitative estimate of drug-likeness (QED) is 0.794. The van der Waals surface area contributed by atoms with Crippen molar-refractivity contribution in [1.82, 2.24) is 19.9 Å². The van der Waals surface area contributed by atoms with E-state index in [9.17, 15) is 0 Å². The summed E-state index contributed by atoms with van der Waals surface area (Å²) in [5.74, 6) is 1.59. The first-order chi connectivity index (χ1) is 12.3. The highest BCUT2D eigenvalue weighted by molar-refractivity contribution is 5.65. The van der Waals surface area contributed by atoms with Gasteiger partial charge in [-0.05, 0) is 37.1 Å². The third kappa shape index (κ3) is 3.49. The number of piperidine rings is 1. The molecule has 1 saturated heterocycles. The molecule has 2 N–H and O–H groups in total. The van der Waals surface area contributed by atoms with E-state index in [0.29, 0.717) is 5.82 Å². The highest BCUT2D eigenvalue weighted by atomic mass is 15.2. The number of pyridine rings is 2. The summed E-state index contributed by atoms with van der Waals surface area (Å²) < 4.78 is 0. The van der Waals surface area contributed by atoms with Crippen molar-refractivity contribution < 1.29 is 0 Å². The SMILES string of the molecule is NC1CCN(c2cc(-c3ccccn3)nc(-c3cccnc3)n2)CC1. The molecule has 0 amide bonds. The Morgan fingerprint density at radius 1 is 0.960 bits per heavy atom. The summed E-state index contributed by atoms with van der Waals surface area (Å²) in [6.07, 6.45) is 7.27. The van der Waals surface area contributed by atoms with Crippen molar-refractivity contribution in [3.63, 3.8) is 0 Å². The molecule has 3 aromatic rings. The number of anilines is 1. The lowest BCUT2D eigenvalue weighted by atomic mass is 10.1. The van der Waals surface area contributed by atoms with Crippen molar-refractivity contribution in [2.45, 2.75) is 18.9 Å². The molecule has 0 aromatic carbocycles. The maximum atomic E-state index is 6.04. The summed E-state index contributed by atoms with van der Waals surface area (Å²) in [7, 11) is 0. The van der Waals surface area contributed by atoms with Crippen LogP contribution in [0.3, 0.4) is 0 Å². The van der Waals surface area contributed by atoms with Crippen molar-refractivity contribution in [3.05, 3.63) is 55.0 Å². The van der Waals surface area contributed by atoms with Gasteiger partial charge in [0.1, 0.15) is 5.82 Å². The number of nitrogens with two attached hydrogens (primary N) is 1. The lowest BCUT2D eigenvalue weighted by molar-refractivity contribution is 0.498. The fraction of sp³-hybridized carbons (Fsp3) is 0.263. The summed E-state index contributed by atoms with van der Waals surface area (Å²) in [5, 5.41) is 0. The van der Waals surface area contributed by atoms with E-state index in [1.54, 1.807) is 18.6 Å². The van der Waals surface area contributed by atoms with Gasteiger partial charge in [-0.25, -0.2) is 9.97 Å². The predicted octanol–water partition coefficient (Wildman–Crippen LogP) is 2.53. The van der Waals surface area contributed by atoms with E-state index in [-0.39, 0.29) is 6.04 Å². The van der Waals surface area contributed by atoms with Crippen LogP contribution in [0.5, 0.6) is 0 Å². The zero-order valence-electron chi connectivity index (χ0n) is 13.9. The molecule has 0 bridgehead atoms. The lowest BCUT2D eigenvalue weighted by Gasteiger charge is -2.31. The van der Waals surface area contributed by atoms with Gasteiger partial charge in [0.25, 0.3) is 0 Å². The molecular weight excluding hydrogens is 312 g/mol. The average molecular weight is 332 g/mol. The normalized spacial score (nSPS) is 15.3. The van der Waals surface area contributed by atoms with Crippen LogP contribution >= 0.6 is 0 Å². The molecule has 1 fully saturated rings. The minimum Gasteiger partial charge on any atom is -0.356 e. The van der Waals surface area contributed by atoms with E-state index in [1.807, 2.05) is 36.4 Å². The molecule has 3 aromatic heterocycles. The minimum atomic E-state index is 0.283. The molecule has 6 nitrogen and oxygen atoms in total. The molecule has 4 heterocycles. The van der Waals surface area contributed by atoms with Crippen molar-refractivity contribution in [2.24, 2.45) is 5.73 Å². The smallest absolute Gasteiger partial charge is 0.163 e. The Labute approximate surface area is 146 Å². The second-order valence-corrected chi connectivity index (χ2v) is 6.22. The first kappa shape index (κ1) is 15.7. The van der Waals surface area contributed by atoms with E-state index in [4.69, 9.17) is 15.7 Å². The van der Waals surface area contributed by atoms with Crippen LogP contribution in [0, 0.1) is 0 Å². The standard InChI is InChI=1S/C19H20N6/c20-15-6-10-25(11-7-15)18-12-17(16-5-1-2-9-22-16)23-19(24-18)14-4-3-8-21-13-14/h1-5,8-9,12-13,15H,6-7,10-11,20H2. The third-order valence-electron chi connectivity index (χ3n) is 4.42. The Hall–Kier alpha value is -2.86. The topological polar surface area (TPSA) is 80.8 Å². The second kappa shape index (κ2) is 6.94. The molecular formula is C19H20N6. The second-order valence-electron chi connectivity index (χ2n) is 6.22. The maximum absolute atomic E-state index is 6.04. The molecule has 0 radical (unpaired) electrons. The number of rotatable bonds is 3. The van der Waals surface area contributed by atoms with Crippen LogP contribution in [0.4, 0.5) is 5.82 Å². The minimum absolute atomic E-state index is 0.283. The summed E-state index contributed by atoms with van der Waals surface area (Å²) in [4.78, 5) is 20.4. The number of hydrogen-bond donors (Lipinski definition) is 1. The molecule has 0 unspecified atom stereocenters. The van der Waals surface area contributed by atoms with Gasteiger partial charge in [-0.1, -0.05) is 6.07 Å². The summed E-state index contributed by atoms with van der Waals surface area (Å²) in [6.45, 7) is 1.82. The van der Waals surface area contributed by atoms with Gasteiger partial charge in [0.15, 0.2) is 5.82 Å². The Balaban J connectivity index is 1.78. The molecule has 1 aliphatic heterocycles. The van der Waals surface area contributed by atoms with Gasteiger partial charge in [-0.3, -0.25) is 9.97 Å². The number of aromatic nitrogens is 4. The van der Waals surface area contributed by atoms with E-state index >= 15 is 0 Å². The Morgan fingerprint density at radius 3 is 2.56 bits per heavy atom. The maximum Gasteiger partial charge on any atom is 0.163 e. The van der Waals surface area contributed by atoms with E-state index in [1.165, 1.54) is 0 Å². The zero-order chi connectivity index (χ0) is 17.1. The van der Waals surface area contributed by atoms with Crippen molar-refractivity contribution in [1.29, 1.82) is 0 Å². The predicted molar refractivity (Wildman–Crippen MR) is 97.9 cm³/mol. The summed E-state index contributed by atoms with van der Waals surface area (Å²) in [5.41, 5.74) is 8.59. The summed E-state index contributed by atoms with van der Waals surface area (Å²) in [6, 6.07) is 12.0. The molecule has 0 saturated carbocycles. The van der Waals surface area contributed by atoms with Crippen LogP contribution in [-0.4, -0.2) is 39.1 Å². The van der Waals surface area contributed by atoms with Crippen LogP contribution in [0.1, 0.15) is 12.8 Å². The fourth-order valence-electron chi connectivity index (χ4n) is 2.99. The van der Waals surface area contributed by atoms with E-state index in [0.717, 1.165) is 48.7 Å². The lowest BCUT2D eigenvalue weighted by Crippen LogP contribution is -2.40. The Kier molecular flexibility index (Phi) is 4.35. The van der Waals surface area contributed by atoms with Crippen molar-refractivity contribution in [2.75, 3.05) is 18.0 Å². The number of hydrogen-bond acceptors (Lipinski definition) is 6. The number of nitrogens with zero attached hydrogens (tertiary/aromatic N) is 5. The van der Waals surface area contributed by atoms with Gasteiger partial charge in [0, 0.05) is 49.4 Å². The first-order valence-corrected chi connectivity index (χ1v) is 8.51. The molecule has 4 rings (SSSR count). The Morgan fingerprint density at radius 2 is 1.84 bits per heavy atom. The van der Waals surface area contributed by atoms with Crippen LogP contribution < -0.4 is 10.6 Å². The van der Waals surface area contributed by atoms with Gasteiger partial charge in [0.05, 0.1) is 11.4 Å². The average Bonchev–Trinajstić information content (AvgIpc) is 2.69. The highest BCUT2D eigenvalue weighted by Gasteiger charge is 2.19. The van der Waals surface area contributed by atoms with Crippen LogP contribution in [0.15, 0.2) is 55.0 Å². The van der Waals surface area contributed by atoms with Gasteiger partial charge in [0.2, 0.25) is 0 Å². The third-order valence-corrected chi connectivity index (χ3v) is 4.42. The molecule has 0 spiro atoms. The first-order valence-electron chi connectivity index (χ1n) is 8.51. The van der Waals surface area contributed by atoms with Crippen LogP contribution in [0.2, 0.25) is 0 Å². The monoisotopic (exact) mass is 332 g/mol. The van der Waals surface area contributed by atoms with E-state index < -0.39 is 0 Å². The molecule has 6 heteroatoms. The Bertz CT molecular complexity index is 771.